The molecular formula is C20H21N5O2S2. The summed E-state index contributed by atoms with van der Waals surface area (Å²) in [6.45, 7) is 1.99. The number of benzene rings is 1. The molecule has 1 aliphatic carbocycles. The van der Waals surface area contributed by atoms with Crippen LogP contribution in [0.25, 0.3) is 0 Å². The number of fused-ring (bicyclic) bond motifs is 1. The van der Waals surface area contributed by atoms with Gasteiger partial charge in [0.1, 0.15) is 5.00 Å². The van der Waals surface area contributed by atoms with Crippen molar-refractivity contribution in [3.8, 4) is 0 Å². The maximum Gasteiger partial charge on any atom is 0.235 e. The summed E-state index contributed by atoms with van der Waals surface area (Å²) in [7, 11) is 0. The van der Waals surface area contributed by atoms with Crippen LogP contribution in [0.1, 0.15) is 44.8 Å². The van der Waals surface area contributed by atoms with Crippen molar-refractivity contribution in [2.24, 2.45) is 0 Å². The highest BCUT2D eigenvalue weighted by Crippen LogP contribution is 2.39. The molecule has 0 spiro atoms. The average Bonchev–Trinajstić information content (AvgIpc) is 3.29. The van der Waals surface area contributed by atoms with E-state index in [2.05, 4.69) is 20.5 Å². The molecule has 150 valence electrons. The lowest BCUT2D eigenvalue weighted by atomic mass is 9.91. The molecule has 0 unspecified atom stereocenters. The third-order valence-electron chi connectivity index (χ3n) is 4.78. The molecule has 0 bridgehead atoms. The van der Waals surface area contributed by atoms with E-state index in [4.69, 9.17) is 5.73 Å². The van der Waals surface area contributed by atoms with E-state index in [1.165, 1.54) is 28.0 Å². The van der Waals surface area contributed by atoms with Crippen molar-refractivity contribution in [3.63, 3.8) is 0 Å². The standard InChI is InChI=1S/C20H21N5O2S2/c1-11-6-8-12(9-7-11)17(27)16-13-4-2-3-5-14(13)29-18(16)22-15(26)10-28-20-23-19(21)24-25-20/h6-9H,2-5,10H2,1H3,(H,22,26)(H3,21,23,24,25). The third-order valence-corrected chi connectivity index (χ3v) is 6.83. The van der Waals surface area contributed by atoms with Gasteiger partial charge in [0.2, 0.25) is 17.0 Å². The molecule has 7 nitrogen and oxygen atoms in total. The van der Waals surface area contributed by atoms with Crippen molar-refractivity contribution in [1.82, 2.24) is 15.2 Å². The number of nitrogen functional groups attached to an aromatic ring is 1. The number of anilines is 2. The molecule has 0 saturated heterocycles. The van der Waals surface area contributed by atoms with Crippen LogP contribution >= 0.6 is 23.1 Å². The van der Waals surface area contributed by atoms with Crippen LogP contribution in [0, 0.1) is 6.92 Å². The molecule has 2 heterocycles. The number of nitrogens with one attached hydrogen (secondary N) is 2. The minimum Gasteiger partial charge on any atom is -0.368 e. The number of ketones is 1. The Kier molecular flexibility index (Phi) is 5.68. The summed E-state index contributed by atoms with van der Waals surface area (Å²) in [6, 6.07) is 7.56. The van der Waals surface area contributed by atoms with E-state index in [0.29, 0.717) is 21.3 Å². The zero-order valence-corrected chi connectivity index (χ0v) is 17.6. The van der Waals surface area contributed by atoms with Gasteiger partial charge < -0.3 is 11.1 Å². The molecule has 1 amide bonds. The normalized spacial score (nSPS) is 13.1. The molecule has 0 atom stereocenters. The monoisotopic (exact) mass is 427 g/mol. The van der Waals surface area contributed by atoms with Crippen molar-refractivity contribution in [3.05, 3.63) is 51.4 Å². The lowest BCUT2D eigenvalue weighted by molar-refractivity contribution is -0.113. The van der Waals surface area contributed by atoms with E-state index >= 15 is 0 Å². The number of rotatable bonds is 6. The van der Waals surface area contributed by atoms with E-state index in [-0.39, 0.29) is 23.4 Å². The smallest absolute Gasteiger partial charge is 0.235 e. The average molecular weight is 428 g/mol. The zero-order chi connectivity index (χ0) is 20.4. The second kappa shape index (κ2) is 8.38. The summed E-state index contributed by atoms with van der Waals surface area (Å²) in [5.41, 5.74) is 8.99. The number of carbonyl (C=O) groups excluding carboxylic acids is 2. The van der Waals surface area contributed by atoms with Crippen molar-refractivity contribution in [2.45, 2.75) is 37.8 Å². The highest BCUT2D eigenvalue weighted by molar-refractivity contribution is 7.99. The number of aromatic nitrogens is 3. The van der Waals surface area contributed by atoms with Gasteiger partial charge in [-0.3, -0.25) is 9.59 Å². The molecule has 0 radical (unpaired) electrons. The lowest BCUT2D eigenvalue weighted by Gasteiger charge is -2.12. The Morgan fingerprint density at radius 2 is 2.00 bits per heavy atom. The van der Waals surface area contributed by atoms with Crippen molar-refractivity contribution in [1.29, 1.82) is 0 Å². The van der Waals surface area contributed by atoms with Gasteiger partial charge in [-0.1, -0.05) is 41.6 Å². The highest BCUT2D eigenvalue weighted by Gasteiger charge is 2.27. The summed E-state index contributed by atoms with van der Waals surface area (Å²) in [6.07, 6.45) is 4.00. The number of nitrogens with two attached hydrogens (primary N) is 1. The molecule has 1 aliphatic rings. The van der Waals surface area contributed by atoms with Crippen LogP contribution in [0.4, 0.5) is 10.9 Å². The van der Waals surface area contributed by atoms with Gasteiger partial charge in [-0.15, -0.1) is 16.4 Å². The lowest BCUT2D eigenvalue weighted by Crippen LogP contribution is -2.16. The summed E-state index contributed by atoms with van der Waals surface area (Å²) in [5.74, 6) is 0.117. The van der Waals surface area contributed by atoms with Gasteiger partial charge in [0.25, 0.3) is 0 Å². The summed E-state index contributed by atoms with van der Waals surface area (Å²) in [5, 5.41) is 10.5. The van der Waals surface area contributed by atoms with Gasteiger partial charge >= 0.3 is 0 Å². The van der Waals surface area contributed by atoms with Gasteiger partial charge in [0, 0.05) is 10.4 Å². The van der Waals surface area contributed by atoms with Crippen molar-refractivity contribution in [2.75, 3.05) is 16.8 Å². The van der Waals surface area contributed by atoms with Gasteiger partial charge in [0.15, 0.2) is 5.78 Å². The second-order valence-corrected chi connectivity index (χ2v) is 9.00. The molecule has 0 saturated carbocycles. The maximum atomic E-state index is 13.3. The molecule has 4 rings (SSSR count). The maximum absolute atomic E-state index is 13.3. The van der Waals surface area contributed by atoms with Gasteiger partial charge in [-0.05, 0) is 38.2 Å². The van der Waals surface area contributed by atoms with Crippen molar-refractivity contribution < 1.29 is 9.59 Å². The molecule has 2 aromatic heterocycles. The topological polar surface area (TPSA) is 114 Å². The van der Waals surface area contributed by atoms with E-state index in [1.807, 2.05) is 31.2 Å². The largest absolute Gasteiger partial charge is 0.368 e. The predicted octanol–water partition coefficient (Wildman–Crippen LogP) is 3.60. The van der Waals surface area contributed by atoms with Crippen LogP contribution in [-0.2, 0) is 17.6 Å². The number of hydrogen-bond acceptors (Lipinski definition) is 7. The van der Waals surface area contributed by atoms with E-state index in [0.717, 1.165) is 36.8 Å². The first-order valence-electron chi connectivity index (χ1n) is 9.37. The highest BCUT2D eigenvalue weighted by atomic mass is 32.2. The number of thiophene rings is 1. The summed E-state index contributed by atoms with van der Waals surface area (Å²) < 4.78 is 0. The number of hydrogen-bond donors (Lipinski definition) is 3. The third kappa shape index (κ3) is 4.35. The van der Waals surface area contributed by atoms with Crippen molar-refractivity contribution >= 4 is 45.7 Å². The van der Waals surface area contributed by atoms with Crippen LogP contribution in [0.15, 0.2) is 29.4 Å². The summed E-state index contributed by atoms with van der Waals surface area (Å²) >= 11 is 2.71. The number of amides is 1. The molecule has 1 aromatic carbocycles. The Hall–Kier alpha value is -2.65. The fourth-order valence-corrected chi connectivity index (χ4v) is 5.27. The Balaban J connectivity index is 1.57. The Labute approximate surface area is 176 Å². The fraction of sp³-hybridized carbons (Fsp3) is 0.300. The fourth-order valence-electron chi connectivity index (χ4n) is 3.36. The molecule has 9 heteroatoms. The minimum atomic E-state index is -0.199. The Bertz CT molecular complexity index is 1060. The van der Waals surface area contributed by atoms with Crippen LogP contribution < -0.4 is 11.1 Å². The molecule has 4 N–H and O–H groups in total. The van der Waals surface area contributed by atoms with Gasteiger partial charge in [-0.2, -0.15) is 4.98 Å². The molecular weight excluding hydrogens is 406 g/mol. The number of H-pyrrole nitrogens is 1. The van der Waals surface area contributed by atoms with E-state index in [1.54, 1.807) is 0 Å². The quantitative estimate of drug-likeness (QED) is 0.409. The first kappa shape index (κ1) is 19.7. The number of carbonyl (C=O) groups is 2. The van der Waals surface area contributed by atoms with Crippen LogP contribution in [0.3, 0.4) is 0 Å². The van der Waals surface area contributed by atoms with Crippen LogP contribution in [0.5, 0.6) is 0 Å². The number of thioether (sulfide) groups is 1. The first-order valence-corrected chi connectivity index (χ1v) is 11.2. The number of aromatic amines is 1. The van der Waals surface area contributed by atoms with E-state index < -0.39 is 0 Å². The number of aryl methyl sites for hydroxylation is 2. The van der Waals surface area contributed by atoms with Crippen LogP contribution in [-0.4, -0.2) is 32.6 Å². The molecule has 3 aromatic rings. The zero-order valence-electron chi connectivity index (χ0n) is 15.9. The molecule has 0 fully saturated rings. The van der Waals surface area contributed by atoms with Gasteiger partial charge in [0.05, 0.1) is 11.3 Å². The molecule has 29 heavy (non-hydrogen) atoms. The summed E-state index contributed by atoms with van der Waals surface area (Å²) in [4.78, 5) is 31.0. The van der Waals surface area contributed by atoms with Gasteiger partial charge in [-0.25, -0.2) is 5.10 Å². The number of nitrogens with zero attached hydrogens (tertiary/aromatic N) is 2. The Morgan fingerprint density at radius 3 is 2.72 bits per heavy atom. The SMILES string of the molecule is Cc1ccc(C(=O)c2c(NC(=O)CSc3n[nH]c(N)n3)sc3c2CCCC3)cc1. The van der Waals surface area contributed by atoms with Crippen LogP contribution in [0.2, 0.25) is 0 Å². The second-order valence-electron chi connectivity index (χ2n) is 6.95. The van der Waals surface area contributed by atoms with E-state index in [9.17, 15) is 9.59 Å². The Morgan fingerprint density at radius 1 is 1.24 bits per heavy atom. The molecule has 0 aliphatic heterocycles. The predicted molar refractivity (Wildman–Crippen MR) is 116 cm³/mol. The minimum absolute atomic E-state index is 0.0332. The first-order chi connectivity index (χ1) is 14.0.